The lowest BCUT2D eigenvalue weighted by Crippen LogP contribution is -2.39. The normalized spacial score (nSPS) is 14.2. The Kier molecular flexibility index (Phi) is 6.86. The first-order valence-corrected chi connectivity index (χ1v) is 13.2. The minimum atomic E-state index is -0.198. The summed E-state index contributed by atoms with van der Waals surface area (Å²) in [7, 11) is 3.41. The molecule has 5 rings (SSSR count). The topological polar surface area (TPSA) is 18.5 Å². The second kappa shape index (κ2) is 10.0. The first-order valence-electron chi connectivity index (χ1n) is 11.6. The highest BCUT2D eigenvalue weighted by molar-refractivity contribution is 9.10. The molecule has 1 saturated carbocycles. The molecular formula is C31H26Br2O2. The largest absolute Gasteiger partial charge is 0.497 e. The third kappa shape index (κ3) is 4.46. The molecule has 0 N–H and O–H groups in total. The molecule has 2 nitrogen and oxygen atoms in total. The van der Waals surface area contributed by atoms with E-state index in [0.29, 0.717) is 0 Å². The van der Waals surface area contributed by atoms with Crippen molar-refractivity contribution >= 4 is 37.4 Å². The SMILES string of the molecule is COc1ccc(C(=C2CCC2(c2ccc(Br)cc2)c2ccc(Br)cc2)c2ccc(OC)cc2)cc1. The summed E-state index contributed by atoms with van der Waals surface area (Å²) in [5.74, 6) is 1.71. The van der Waals surface area contributed by atoms with E-state index in [1.165, 1.54) is 33.4 Å². The van der Waals surface area contributed by atoms with Gasteiger partial charge < -0.3 is 9.47 Å². The van der Waals surface area contributed by atoms with Crippen LogP contribution in [0.5, 0.6) is 11.5 Å². The van der Waals surface area contributed by atoms with Crippen LogP contribution in [0, 0.1) is 0 Å². The fourth-order valence-electron chi connectivity index (χ4n) is 5.14. The third-order valence-electron chi connectivity index (χ3n) is 7.00. The molecule has 0 aliphatic heterocycles. The number of hydrogen-bond donors (Lipinski definition) is 0. The van der Waals surface area contributed by atoms with E-state index < -0.39 is 0 Å². The highest BCUT2D eigenvalue weighted by atomic mass is 79.9. The second-order valence-corrected chi connectivity index (χ2v) is 10.6. The van der Waals surface area contributed by atoms with E-state index >= 15 is 0 Å². The summed E-state index contributed by atoms with van der Waals surface area (Å²) in [5.41, 5.74) is 7.49. The van der Waals surface area contributed by atoms with Gasteiger partial charge in [0.05, 0.1) is 14.2 Å². The van der Waals surface area contributed by atoms with E-state index in [4.69, 9.17) is 9.47 Å². The van der Waals surface area contributed by atoms with Crippen molar-refractivity contribution in [3.05, 3.63) is 134 Å². The minimum Gasteiger partial charge on any atom is -0.497 e. The van der Waals surface area contributed by atoms with Crippen molar-refractivity contribution < 1.29 is 9.47 Å². The van der Waals surface area contributed by atoms with Crippen LogP contribution in [-0.4, -0.2) is 14.2 Å². The second-order valence-electron chi connectivity index (χ2n) is 8.73. The van der Waals surface area contributed by atoms with Gasteiger partial charge in [-0.1, -0.05) is 80.4 Å². The molecule has 0 amide bonds. The van der Waals surface area contributed by atoms with Crippen molar-refractivity contribution in [3.63, 3.8) is 0 Å². The number of halogens is 2. The molecule has 0 aromatic heterocycles. The van der Waals surface area contributed by atoms with Gasteiger partial charge in [0.25, 0.3) is 0 Å². The Morgan fingerprint density at radius 2 is 1.00 bits per heavy atom. The van der Waals surface area contributed by atoms with Gasteiger partial charge >= 0.3 is 0 Å². The summed E-state index contributed by atoms with van der Waals surface area (Å²) < 4.78 is 13.1. The van der Waals surface area contributed by atoms with E-state index in [9.17, 15) is 0 Å². The van der Waals surface area contributed by atoms with Crippen LogP contribution in [0.4, 0.5) is 0 Å². The number of methoxy groups -OCH3 is 2. The molecule has 176 valence electrons. The Hall–Kier alpha value is -2.82. The van der Waals surface area contributed by atoms with E-state index in [1.54, 1.807) is 14.2 Å². The van der Waals surface area contributed by atoms with E-state index in [-0.39, 0.29) is 5.41 Å². The van der Waals surface area contributed by atoms with E-state index in [2.05, 4.69) is 105 Å². The smallest absolute Gasteiger partial charge is 0.118 e. The first-order chi connectivity index (χ1) is 17.0. The van der Waals surface area contributed by atoms with Crippen LogP contribution in [-0.2, 0) is 5.41 Å². The molecule has 4 heteroatoms. The van der Waals surface area contributed by atoms with E-state index in [0.717, 1.165) is 33.3 Å². The Bertz CT molecular complexity index is 1240. The Balaban J connectivity index is 1.78. The lowest BCUT2D eigenvalue weighted by Gasteiger charge is -2.48. The summed E-state index contributed by atoms with van der Waals surface area (Å²) in [4.78, 5) is 0. The zero-order valence-electron chi connectivity index (χ0n) is 19.7. The van der Waals surface area contributed by atoms with Crippen molar-refractivity contribution in [1.29, 1.82) is 0 Å². The van der Waals surface area contributed by atoms with Crippen molar-refractivity contribution in [2.24, 2.45) is 0 Å². The van der Waals surface area contributed by atoms with Crippen molar-refractivity contribution in [2.75, 3.05) is 14.2 Å². The number of allylic oxidation sites excluding steroid dienone is 1. The molecule has 1 aliphatic rings. The lowest BCUT2D eigenvalue weighted by atomic mass is 9.55. The van der Waals surface area contributed by atoms with Gasteiger partial charge in [-0.2, -0.15) is 0 Å². The molecule has 1 fully saturated rings. The molecule has 0 saturated heterocycles. The molecule has 35 heavy (non-hydrogen) atoms. The van der Waals surface area contributed by atoms with Gasteiger partial charge in [-0.15, -0.1) is 0 Å². The summed E-state index contributed by atoms with van der Waals surface area (Å²) in [6.45, 7) is 0. The molecule has 0 heterocycles. The molecular weight excluding hydrogens is 564 g/mol. The molecule has 4 aromatic carbocycles. The number of rotatable bonds is 6. The number of benzene rings is 4. The Morgan fingerprint density at radius 3 is 1.31 bits per heavy atom. The third-order valence-corrected chi connectivity index (χ3v) is 8.06. The summed E-state index contributed by atoms with van der Waals surface area (Å²) >= 11 is 7.24. The van der Waals surface area contributed by atoms with Crippen LogP contribution in [0.3, 0.4) is 0 Å². The predicted octanol–water partition coefficient (Wildman–Crippen LogP) is 8.81. The maximum absolute atomic E-state index is 5.45. The monoisotopic (exact) mass is 588 g/mol. The van der Waals surface area contributed by atoms with Gasteiger partial charge in [0.15, 0.2) is 0 Å². The standard InChI is InChI=1S/C31H26Br2O2/c1-34-27-15-3-21(4-16-27)30(22-5-17-28(35-2)18-6-22)29-19-20-31(29,23-7-11-25(32)12-8-23)24-9-13-26(33)14-10-24/h3-18H,19-20H2,1-2H3. The maximum atomic E-state index is 5.45. The molecule has 0 atom stereocenters. The molecule has 0 radical (unpaired) electrons. The lowest BCUT2D eigenvalue weighted by molar-refractivity contribution is 0.414. The van der Waals surface area contributed by atoms with Crippen molar-refractivity contribution in [2.45, 2.75) is 18.3 Å². The maximum Gasteiger partial charge on any atom is 0.118 e. The van der Waals surface area contributed by atoms with Crippen LogP contribution in [0.1, 0.15) is 35.1 Å². The number of ether oxygens (including phenoxy) is 2. The molecule has 4 aromatic rings. The van der Waals surface area contributed by atoms with Gasteiger partial charge in [0.1, 0.15) is 11.5 Å². The average molecular weight is 590 g/mol. The Morgan fingerprint density at radius 1 is 0.600 bits per heavy atom. The zero-order chi connectivity index (χ0) is 24.4. The van der Waals surface area contributed by atoms with Crippen LogP contribution in [0.2, 0.25) is 0 Å². The fourth-order valence-corrected chi connectivity index (χ4v) is 5.67. The van der Waals surface area contributed by atoms with Gasteiger partial charge in [0.2, 0.25) is 0 Å². The van der Waals surface area contributed by atoms with Gasteiger partial charge in [0, 0.05) is 14.4 Å². The molecule has 1 aliphatic carbocycles. The minimum absolute atomic E-state index is 0.198. The predicted molar refractivity (Wildman–Crippen MR) is 150 cm³/mol. The van der Waals surface area contributed by atoms with Gasteiger partial charge in [-0.3, -0.25) is 0 Å². The quantitative estimate of drug-likeness (QED) is 0.224. The van der Waals surface area contributed by atoms with Crippen molar-refractivity contribution in [3.8, 4) is 11.5 Å². The first kappa shape index (κ1) is 23.9. The van der Waals surface area contributed by atoms with Crippen molar-refractivity contribution in [1.82, 2.24) is 0 Å². The Labute approximate surface area is 223 Å². The highest BCUT2D eigenvalue weighted by Crippen LogP contribution is 2.57. The molecule has 0 bridgehead atoms. The summed E-state index contributed by atoms with van der Waals surface area (Å²) in [6.07, 6.45) is 2.08. The molecule has 0 spiro atoms. The number of hydrogen-bond acceptors (Lipinski definition) is 2. The highest BCUT2D eigenvalue weighted by Gasteiger charge is 2.46. The molecule has 0 unspecified atom stereocenters. The zero-order valence-corrected chi connectivity index (χ0v) is 22.9. The fraction of sp³-hybridized carbons (Fsp3) is 0.161. The van der Waals surface area contributed by atoms with Gasteiger partial charge in [-0.25, -0.2) is 0 Å². The van der Waals surface area contributed by atoms with Crippen LogP contribution < -0.4 is 9.47 Å². The summed E-state index contributed by atoms with van der Waals surface area (Å²) in [5, 5.41) is 0. The van der Waals surface area contributed by atoms with Crippen LogP contribution >= 0.6 is 31.9 Å². The average Bonchev–Trinajstić information content (AvgIpc) is 2.89. The summed E-state index contributed by atoms with van der Waals surface area (Å²) in [6, 6.07) is 34.4. The van der Waals surface area contributed by atoms with E-state index in [1.807, 2.05) is 24.3 Å². The van der Waals surface area contributed by atoms with Crippen LogP contribution in [0.25, 0.3) is 5.57 Å². The van der Waals surface area contributed by atoms with Gasteiger partial charge in [-0.05, 0) is 94.8 Å². The van der Waals surface area contributed by atoms with Crippen LogP contribution in [0.15, 0.2) is 112 Å².